The second-order valence-corrected chi connectivity index (χ2v) is 5.01. The van der Waals surface area contributed by atoms with E-state index in [2.05, 4.69) is 0 Å². The molecule has 0 aromatic carbocycles. The van der Waals surface area contributed by atoms with Crippen molar-refractivity contribution >= 4 is 12.0 Å². The van der Waals surface area contributed by atoms with Crippen molar-refractivity contribution in [3.8, 4) is 0 Å². The zero-order chi connectivity index (χ0) is 12.5. The minimum absolute atomic E-state index is 0.0829. The standard InChI is InChI=1S/C10H15NO3.C2H6/c1-10(2,3)14-9(13)11-7-4-6(7)5-8(11)12;1-2/h6-7H,4-5H2,1-3H3;1-2H3. The summed E-state index contributed by atoms with van der Waals surface area (Å²) in [5.74, 6) is 0.329. The second-order valence-electron chi connectivity index (χ2n) is 5.01. The summed E-state index contributed by atoms with van der Waals surface area (Å²) in [6.07, 6.45) is 1.00. The molecule has 2 aliphatic rings. The van der Waals surface area contributed by atoms with Crippen molar-refractivity contribution in [2.45, 2.75) is 59.1 Å². The maximum atomic E-state index is 11.6. The van der Waals surface area contributed by atoms with E-state index in [0.29, 0.717) is 12.3 Å². The minimum atomic E-state index is -0.523. The lowest BCUT2D eigenvalue weighted by Gasteiger charge is -2.24. The molecule has 1 aliphatic heterocycles. The topological polar surface area (TPSA) is 46.6 Å². The number of rotatable bonds is 0. The molecule has 92 valence electrons. The van der Waals surface area contributed by atoms with Crippen molar-refractivity contribution in [3.63, 3.8) is 0 Å². The van der Waals surface area contributed by atoms with Crippen molar-refractivity contribution in [3.05, 3.63) is 0 Å². The molecule has 0 N–H and O–H groups in total. The van der Waals surface area contributed by atoms with Crippen LogP contribution < -0.4 is 0 Å². The molecular weight excluding hydrogens is 206 g/mol. The normalized spacial score (nSPS) is 26.8. The van der Waals surface area contributed by atoms with Crippen molar-refractivity contribution in [2.24, 2.45) is 5.92 Å². The van der Waals surface area contributed by atoms with Crippen molar-refractivity contribution in [2.75, 3.05) is 0 Å². The predicted molar refractivity (Wildman–Crippen MR) is 60.9 cm³/mol. The summed E-state index contributed by atoms with van der Waals surface area (Å²) in [7, 11) is 0. The molecule has 0 spiro atoms. The Morgan fingerprint density at radius 3 is 2.31 bits per heavy atom. The number of nitrogens with zero attached hydrogens (tertiary/aromatic N) is 1. The number of likely N-dealkylation sites (tertiary alicyclic amines) is 1. The number of carbonyl (C=O) groups is 2. The lowest BCUT2D eigenvalue weighted by molar-refractivity contribution is -0.128. The lowest BCUT2D eigenvalue weighted by Crippen LogP contribution is -2.39. The Kier molecular flexibility index (Phi) is 3.61. The highest BCUT2D eigenvalue weighted by Gasteiger charge is 2.55. The van der Waals surface area contributed by atoms with Crippen LogP contribution in [0.15, 0.2) is 0 Å². The molecule has 2 unspecified atom stereocenters. The summed E-state index contributed by atoms with van der Waals surface area (Å²) in [6.45, 7) is 9.40. The van der Waals surface area contributed by atoms with Gasteiger partial charge in [-0.05, 0) is 33.1 Å². The van der Waals surface area contributed by atoms with E-state index >= 15 is 0 Å². The zero-order valence-electron chi connectivity index (χ0n) is 10.7. The molecule has 1 saturated carbocycles. The van der Waals surface area contributed by atoms with Gasteiger partial charge in [-0.2, -0.15) is 0 Å². The average Bonchev–Trinajstić information content (AvgIpc) is 2.78. The number of amides is 2. The first-order valence-corrected chi connectivity index (χ1v) is 5.93. The fourth-order valence-corrected chi connectivity index (χ4v) is 1.82. The van der Waals surface area contributed by atoms with Gasteiger partial charge in [-0.1, -0.05) is 13.8 Å². The van der Waals surface area contributed by atoms with E-state index in [1.165, 1.54) is 4.90 Å². The number of carbonyl (C=O) groups excluding carboxylic acids is 2. The molecule has 0 bridgehead atoms. The second kappa shape index (κ2) is 4.44. The van der Waals surface area contributed by atoms with E-state index in [1.54, 1.807) is 20.8 Å². The smallest absolute Gasteiger partial charge is 0.417 e. The van der Waals surface area contributed by atoms with Crippen molar-refractivity contribution in [1.82, 2.24) is 4.90 Å². The molecule has 16 heavy (non-hydrogen) atoms. The third-order valence-corrected chi connectivity index (χ3v) is 2.51. The zero-order valence-corrected chi connectivity index (χ0v) is 10.7. The SMILES string of the molecule is CC.CC(C)(C)OC(=O)N1C(=O)CC2CC21. The van der Waals surface area contributed by atoms with Crippen LogP contribution in [0.4, 0.5) is 4.79 Å². The van der Waals surface area contributed by atoms with E-state index in [4.69, 9.17) is 4.74 Å². The van der Waals surface area contributed by atoms with Crippen LogP contribution in [0.5, 0.6) is 0 Å². The van der Waals surface area contributed by atoms with Crippen LogP contribution in [0, 0.1) is 5.92 Å². The molecule has 4 nitrogen and oxygen atoms in total. The molecule has 2 fully saturated rings. The Hall–Kier alpha value is -1.06. The molecule has 2 amide bonds. The molecule has 0 radical (unpaired) electrons. The van der Waals surface area contributed by atoms with Crippen LogP contribution >= 0.6 is 0 Å². The summed E-state index contributed by atoms with van der Waals surface area (Å²) in [6, 6.07) is 0.136. The van der Waals surface area contributed by atoms with Crippen LogP contribution in [-0.2, 0) is 9.53 Å². The van der Waals surface area contributed by atoms with Crippen LogP contribution in [0.2, 0.25) is 0 Å². The summed E-state index contributed by atoms with van der Waals surface area (Å²) in [5, 5.41) is 0. The largest absolute Gasteiger partial charge is 0.443 e. The van der Waals surface area contributed by atoms with E-state index in [9.17, 15) is 9.59 Å². The quantitative estimate of drug-likeness (QED) is 0.639. The fourth-order valence-electron chi connectivity index (χ4n) is 1.82. The summed E-state index contributed by atoms with van der Waals surface area (Å²) in [4.78, 5) is 24.2. The molecule has 1 aliphatic carbocycles. The van der Waals surface area contributed by atoms with Gasteiger partial charge in [-0.3, -0.25) is 4.79 Å². The highest BCUT2D eigenvalue weighted by Crippen LogP contribution is 2.45. The number of fused-ring (bicyclic) bond motifs is 1. The summed E-state index contributed by atoms with van der Waals surface area (Å²) in [5.41, 5.74) is -0.523. The first kappa shape index (κ1) is 13.0. The van der Waals surface area contributed by atoms with Gasteiger partial charge in [0.05, 0.1) is 0 Å². The van der Waals surface area contributed by atoms with E-state index in [0.717, 1.165) is 6.42 Å². The van der Waals surface area contributed by atoms with Gasteiger partial charge >= 0.3 is 6.09 Å². The summed E-state index contributed by atoms with van der Waals surface area (Å²) >= 11 is 0. The third-order valence-electron chi connectivity index (χ3n) is 2.51. The number of hydrogen-bond donors (Lipinski definition) is 0. The highest BCUT2D eigenvalue weighted by molar-refractivity contribution is 5.95. The van der Waals surface area contributed by atoms with Crippen LogP contribution in [-0.4, -0.2) is 28.5 Å². The highest BCUT2D eigenvalue weighted by atomic mass is 16.6. The van der Waals surface area contributed by atoms with Crippen LogP contribution in [0.25, 0.3) is 0 Å². The Balaban J connectivity index is 0.000000606. The van der Waals surface area contributed by atoms with Gasteiger partial charge in [0.1, 0.15) is 5.60 Å². The summed E-state index contributed by atoms with van der Waals surface area (Å²) < 4.78 is 5.16. The van der Waals surface area contributed by atoms with Crippen molar-refractivity contribution < 1.29 is 14.3 Å². The number of piperidine rings is 1. The molecule has 0 aromatic rings. The van der Waals surface area contributed by atoms with Gasteiger partial charge in [-0.15, -0.1) is 0 Å². The third kappa shape index (κ3) is 2.74. The van der Waals surface area contributed by atoms with Gasteiger partial charge in [0, 0.05) is 12.5 Å². The first-order valence-electron chi connectivity index (χ1n) is 5.93. The minimum Gasteiger partial charge on any atom is -0.443 e. The van der Waals surface area contributed by atoms with Crippen LogP contribution in [0.1, 0.15) is 47.5 Å². The molecule has 1 saturated heterocycles. The van der Waals surface area contributed by atoms with E-state index in [1.807, 2.05) is 13.8 Å². The van der Waals surface area contributed by atoms with Gasteiger partial charge in [0.15, 0.2) is 0 Å². The van der Waals surface area contributed by atoms with E-state index < -0.39 is 11.7 Å². The van der Waals surface area contributed by atoms with E-state index in [-0.39, 0.29) is 11.9 Å². The van der Waals surface area contributed by atoms with Crippen LogP contribution in [0.3, 0.4) is 0 Å². The maximum Gasteiger partial charge on any atom is 0.417 e. The predicted octanol–water partition coefficient (Wildman–Crippen LogP) is 2.57. The molecule has 0 aromatic heterocycles. The van der Waals surface area contributed by atoms with Crippen molar-refractivity contribution in [1.29, 1.82) is 0 Å². The number of imide groups is 1. The molecule has 2 rings (SSSR count). The monoisotopic (exact) mass is 227 g/mol. The number of hydrogen-bond acceptors (Lipinski definition) is 3. The fraction of sp³-hybridized carbons (Fsp3) is 0.833. The molecule has 1 heterocycles. The van der Waals surface area contributed by atoms with Gasteiger partial charge in [-0.25, -0.2) is 9.69 Å². The number of ether oxygens (including phenoxy) is 1. The Morgan fingerprint density at radius 1 is 1.38 bits per heavy atom. The Bertz CT molecular complexity index is 293. The molecular formula is C12H21NO3. The average molecular weight is 227 g/mol. The molecule has 4 heteroatoms. The van der Waals surface area contributed by atoms with Gasteiger partial charge in [0.2, 0.25) is 5.91 Å². The lowest BCUT2D eigenvalue weighted by atomic mass is 10.2. The van der Waals surface area contributed by atoms with Gasteiger partial charge in [0.25, 0.3) is 0 Å². The Morgan fingerprint density at radius 2 is 1.94 bits per heavy atom. The maximum absolute atomic E-state index is 11.6. The Labute approximate surface area is 96.9 Å². The molecule has 2 atom stereocenters. The van der Waals surface area contributed by atoms with Gasteiger partial charge < -0.3 is 4.74 Å². The first-order chi connectivity index (χ1) is 7.38.